The lowest BCUT2D eigenvalue weighted by molar-refractivity contribution is -0.141. The number of amides is 1. The number of ether oxygens (including phenoxy) is 1. The van der Waals surface area contributed by atoms with Gasteiger partial charge in [0.15, 0.2) is 0 Å². The van der Waals surface area contributed by atoms with Gasteiger partial charge in [-0.2, -0.15) is 18.3 Å². The molecule has 3 heterocycles. The van der Waals surface area contributed by atoms with E-state index in [1.54, 1.807) is 27.9 Å². The lowest BCUT2D eigenvalue weighted by Gasteiger charge is -2.38. The number of fused-ring (bicyclic) bond motifs is 1. The summed E-state index contributed by atoms with van der Waals surface area (Å²) < 4.78 is 71.4. The molecule has 170 valence electrons. The molecule has 0 radical (unpaired) electrons. The second-order valence-corrected chi connectivity index (χ2v) is 7.43. The molecule has 3 aromatic rings. The minimum absolute atomic E-state index is 0.228. The average molecular weight is 455 g/mol. The number of nitrogens with one attached hydrogen (secondary N) is 1. The van der Waals surface area contributed by atoms with Crippen LogP contribution < -0.4 is 10.1 Å². The number of aromatic nitrogens is 3. The third kappa shape index (κ3) is 4.64. The van der Waals surface area contributed by atoms with Crippen molar-refractivity contribution in [3.63, 3.8) is 0 Å². The zero-order chi connectivity index (χ0) is 23.1. The molecule has 12 heteroatoms. The van der Waals surface area contributed by atoms with Crippen LogP contribution in [0.3, 0.4) is 0 Å². The number of hydrogen-bond acceptors (Lipinski definition) is 5. The van der Waals surface area contributed by atoms with Crippen LogP contribution in [0.25, 0.3) is 10.9 Å². The van der Waals surface area contributed by atoms with Gasteiger partial charge in [0.1, 0.15) is 17.1 Å². The Balaban J connectivity index is 1.51. The van der Waals surface area contributed by atoms with Crippen molar-refractivity contribution in [2.24, 2.45) is 0 Å². The Kier molecular flexibility index (Phi) is 5.49. The Morgan fingerprint density at radius 3 is 2.62 bits per heavy atom. The van der Waals surface area contributed by atoms with Crippen molar-refractivity contribution in [2.75, 3.05) is 32.1 Å². The summed E-state index contributed by atoms with van der Waals surface area (Å²) in [7, 11) is 1.38. The second-order valence-electron chi connectivity index (χ2n) is 7.43. The molecule has 1 N–H and O–H groups in total. The quantitative estimate of drug-likeness (QED) is 0.575. The first-order valence-electron chi connectivity index (χ1n) is 9.55. The largest absolute Gasteiger partial charge is 0.494 e. The second kappa shape index (κ2) is 8.01. The number of anilines is 1. The highest BCUT2D eigenvalue weighted by atomic mass is 19.4. The van der Waals surface area contributed by atoms with E-state index in [2.05, 4.69) is 15.4 Å². The predicted octanol–water partition coefficient (Wildman–Crippen LogP) is 3.66. The van der Waals surface area contributed by atoms with Crippen molar-refractivity contribution < 1.29 is 31.5 Å². The molecule has 1 aliphatic heterocycles. The summed E-state index contributed by atoms with van der Waals surface area (Å²) in [5.41, 5.74) is -0.796. The molecule has 0 atom stereocenters. The summed E-state index contributed by atoms with van der Waals surface area (Å²) in [5, 5.41) is 7.52. The number of hydrogen-bond donors (Lipinski definition) is 1. The van der Waals surface area contributed by atoms with E-state index in [0.717, 1.165) is 12.1 Å². The van der Waals surface area contributed by atoms with Crippen molar-refractivity contribution >= 4 is 22.5 Å². The van der Waals surface area contributed by atoms with E-state index in [4.69, 9.17) is 4.74 Å². The fraction of sp³-hybridized carbons (Fsp3) is 0.350. The Bertz CT molecular complexity index is 1150. The molecule has 0 spiro atoms. The van der Waals surface area contributed by atoms with Crippen LogP contribution in [0.15, 0.2) is 36.5 Å². The Morgan fingerprint density at radius 2 is 1.97 bits per heavy atom. The minimum atomic E-state index is -4.67. The van der Waals surface area contributed by atoms with Crippen LogP contribution in [0.4, 0.5) is 27.6 Å². The van der Waals surface area contributed by atoms with Crippen LogP contribution in [-0.4, -0.2) is 58.2 Å². The number of carbonyl (C=O) groups excluding carboxylic acids is 1. The lowest BCUT2D eigenvalue weighted by atomic mass is 10.1. The third-order valence-electron chi connectivity index (χ3n) is 4.95. The van der Waals surface area contributed by atoms with Gasteiger partial charge in [-0.3, -0.25) is 14.4 Å². The van der Waals surface area contributed by atoms with Crippen molar-refractivity contribution in [3.8, 4) is 5.75 Å². The zero-order valence-corrected chi connectivity index (χ0v) is 16.8. The van der Waals surface area contributed by atoms with Crippen LogP contribution >= 0.6 is 0 Å². The van der Waals surface area contributed by atoms with Crippen molar-refractivity contribution in [1.82, 2.24) is 19.7 Å². The zero-order valence-electron chi connectivity index (χ0n) is 16.8. The van der Waals surface area contributed by atoms with Gasteiger partial charge in [-0.05, 0) is 18.2 Å². The van der Waals surface area contributed by atoms with Gasteiger partial charge >= 0.3 is 6.18 Å². The predicted molar refractivity (Wildman–Crippen MR) is 105 cm³/mol. The van der Waals surface area contributed by atoms with E-state index in [1.165, 1.54) is 13.2 Å². The van der Waals surface area contributed by atoms with Crippen LogP contribution in [0.1, 0.15) is 16.2 Å². The average Bonchev–Trinajstić information content (AvgIpc) is 3.11. The number of benzene rings is 1. The molecule has 2 aromatic heterocycles. The summed E-state index contributed by atoms with van der Waals surface area (Å²) >= 11 is 0. The molecule has 4 rings (SSSR count). The lowest BCUT2D eigenvalue weighted by Crippen LogP contribution is -2.56. The SMILES string of the molecule is COc1cc2nn(CCN3CC(F)(F)C3)cc2cc1NC(=O)c1cccc(C(F)(F)F)n1. The van der Waals surface area contributed by atoms with Gasteiger partial charge in [0.25, 0.3) is 11.8 Å². The number of pyridine rings is 1. The molecule has 1 aromatic carbocycles. The first kappa shape index (κ1) is 21.9. The first-order valence-corrected chi connectivity index (χ1v) is 9.55. The number of nitrogens with zero attached hydrogens (tertiary/aromatic N) is 4. The van der Waals surface area contributed by atoms with Gasteiger partial charge in [-0.1, -0.05) is 6.07 Å². The number of alkyl halides is 5. The topological polar surface area (TPSA) is 72.3 Å². The van der Waals surface area contributed by atoms with Crippen molar-refractivity contribution in [2.45, 2.75) is 18.6 Å². The molecule has 0 unspecified atom stereocenters. The molecule has 0 bridgehead atoms. The molecule has 32 heavy (non-hydrogen) atoms. The van der Waals surface area contributed by atoms with Crippen LogP contribution in [0.5, 0.6) is 5.75 Å². The molecular weight excluding hydrogens is 437 g/mol. The van der Waals surface area contributed by atoms with Gasteiger partial charge in [0.2, 0.25) is 0 Å². The van der Waals surface area contributed by atoms with E-state index in [1.807, 2.05) is 0 Å². The molecule has 0 aliphatic carbocycles. The summed E-state index contributed by atoms with van der Waals surface area (Å²) in [4.78, 5) is 17.5. The smallest absolute Gasteiger partial charge is 0.433 e. The highest BCUT2D eigenvalue weighted by molar-refractivity contribution is 6.05. The number of carbonyl (C=O) groups is 1. The Hall–Kier alpha value is -3.28. The monoisotopic (exact) mass is 455 g/mol. The van der Waals surface area contributed by atoms with Crippen molar-refractivity contribution in [1.29, 1.82) is 0 Å². The van der Waals surface area contributed by atoms with E-state index in [0.29, 0.717) is 24.0 Å². The van der Waals surface area contributed by atoms with Gasteiger partial charge < -0.3 is 10.1 Å². The molecule has 1 saturated heterocycles. The number of likely N-dealkylation sites (tertiary alicyclic amines) is 1. The van der Waals surface area contributed by atoms with Gasteiger partial charge in [-0.15, -0.1) is 0 Å². The Labute approximate surface area is 178 Å². The Morgan fingerprint density at radius 1 is 1.22 bits per heavy atom. The highest BCUT2D eigenvalue weighted by Crippen LogP contribution is 2.31. The number of rotatable bonds is 6. The van der Waals surface area contributed by atoms with Crippen molar-refractivity contribution in [3.05, 3.63) is 47.9 Å². The maximum atomic E-state index is 12.9. The van der Waals surface area contributed by atoms with E-state index in [-0.39, 0.29) is 24.5 Å². The third-order valence-corrected chi connectivity index (χ3v) is 4.95. The van der Waals surface area contributed by atoms with Gasteiger partial charge in [0.05, 0.1) is 37.9 Å². The van der Waals surface area contributed by atoms with Crippen LogP contribution in [0, 0.1) is 0 Å². The fourth-order valence-corrected chi connectivity index (χ4v) is 3.40. The summed E-state index contributed by atoms with van der Waals surface area (Å²) in [6, 6.07) is 6.19. The molecular formula is C20H18F5N5O2. The molecule has 7 nitrogen and oxygen atoms in total. The molecule has 1 fully saturated rings. The summed E-state index contributed by atoms with van der Waals surface area (Å²) in [6.45, 7) is 0.247. The maximum Gasteiger partial charge on any atom is 0.433 e. The summed E-state index contributed by atoms with van der Waals surface area (Å²) in [5.74, 6) is -3.21. The van der Waals surface area contributed by atoms with Crippen LogP contribution in [0.2, 0.25) is 0 Å². The van der Waals surface area contributed by atoms with Gasteiger partial charge in [0, 0.05) is 24.2 Å². The minimum Gasteiger partial charge on any atom is -0.494 e. The summed E-state index contributed by atoms with van der Waals surface area (Å²) in [6.07, 6.45) is -2.99. The van der Waals surface area contributed by atoms with E-state index >= 15 is 0 Å². The number of methoxy groups -OCH3 is 1. The standard InChI is InChI=1S/C20H18F5N5O2/c1-32-16-8-14-12(9-30(28-14)6-5-29-10-19(21,22)11-29)7-15(16)27-18(31)13-3-2-4-17(26-13)20(23,24)25/h2-4,7-9H,5-6,10-11H2,1H3,(H,27,31). The fourth-order valence-electron chi connectivity index (χ4n) is 3.40. The first-order chi connectivity index (χ1) is 15.0. The van der Waals surface area contributed by atoms with E-state index in [9.17, 15) is 26.7 Å². The molecule has 0 saturated carbocycles. The molecule has 1 aliphatic rings. The molecule has 1 amide bonds. The van der Waals surface area contributed by atoms with Gasteiger partial charge in [-0.25, -0.2) is 13.8 Å². The van der Waals surface area contributed by atoms with E-state index < -0.39 is 29.4 Å². The maximum absolute atomic E-state index is 12.9. The van der Waals surface area contributed by atoms with Crippen LogP contribution in [-0.2, 0) is 12.7 Å². The number of halogens is 5. The normalized spacial score (nSPS) is 16.1. The highest BCUT2D eigenvalue weighted by Gasteiger charge is 2.43.